The predicted octanol–water partition coefficient (Wildman–Crippen LogP) is 4.05. The van der Waals surface area contributed by atoms with Gasteiger partial charge in [-0.3, -0.25) is 0 Å². The Morgan fingerprint density at radius 3 is 2.80 bits per heavy atom. The molecule has 3 aliphatic rings. The van der Waals surface area contributed by atoms with Gasteiger partial charge in [-0.25, -0.2) is 0 Å². The van der Waals surface area contributed by atoms with Crippen LogP contribution in [-0.4, -0.2) is 29.0 Å². The highest BCUT2D eigenvalue weighted by Gasteiger charge is 2.62. The van der Waals surface area contributed by atoms with Gasteiger partial charge in [-0.2, -0.15) is 0 Å². The van der Waals surface area contributed by atoms with Gasteiger partial charge < -0.3 is 14.9 Å². The first-order valence-electron chi connectivity index (χ1n) is 10.00. The van der Waals surface area contributed by atoms with Crippen molar-refractivity contribution in [1.29, 1.82) is 0 Å². The molecule has 3 aliphatic carbocycles. The molecule has 0 aliphatic heterocycles. The molecule has 138 valence electrons. The Morgan fingerprint density at radius 1 is 1.28 bits per heavy atom. The molecule has 0 heterocycles. The molecule has 6 atom stereocenters. The molecule has 2 saturated carbocycles. The Balaban J connectivity index is 1.67. The van der Waals surface area contributed by atoms with Crippen molar-refractivity contribution in [2.45, 2.75) is 76.4 Å². The molecule has 0 aromatic heterocycles. The van der Waals surface area contributed by atoms with Crippen molar-refractivity contribution in [3.8, 4) is 5.75 Å². The lowest BCUT2D eigenvalue weighted by atomic mass is 9.55. The maximum absolute atomic E-state index is 11.1. The van der Waals surface area contributed by atoms with E-state index >= 15 is 0 Å². The number of methoxy groups -OCH3 is 1. The molecule has 0 saturated heterocycles. The zero-order valence-corrected chi connectivity index (χ0v) is 15.8. The molecule has 1 aromatic carbocycles. The zero-order valence-electron chi connectivity index (χ0n) is 15.8. The van der Waals surface area contributed by atoms with Gasteiger partial charge in [-0.1, -0.05) is 26.3 Å². The van der Waals surface area contributed by atoms with E-state index in [-0.39, 0.29) is 5.41 Å². The third-order valence-corrected chi connectivity index (χ3v) is 7.76. The van der Waals surface area contributed by atoms with Crippen LogP contribution in [0.25, 0.3) is 0 Å². The van der Waals surface area contributed by atoms with Crippen molar-refractivity contribution in [3.63, 3.8) is 0 Å². The van der Waals surface area contributed by atoms with Crippen molar-refractivity contribution in [3.05, 3.63) is 29.3 Å². The Morgan fingerprint density at radius 2 is 2.08 bits per heavy atom. The van der Waals surface area contributed by atoms with E-state index in [1.165, 1.54) is 17.5 Å². The van der Waals surface area contributed by atoms with Crippen molar-refractivity contribution >= 4 is 0 Å². The van der Waals surface area contributed by atoms with E-state index in [0.29, 0.717) is 24.2 Å². The first kappa shape index (κ1) is 17.4. The van der Waals surface area contributed by atoms with Gasteiger partial charge in [0, 0.05) is 0 Å². The number of hydrogen-bond acceptors (Lipinski definition) is 3. The molecule has 2 N–H and O–H groups in total. The highest BCUT2D eigenvalue weighted by molar-refractivity contribution is 5.41. The third kappa shape index (κ3) is 2.46. The van der Waals surface area contributed by atoms with Crippen LogP contribution in [0, 0.1) is 17.3 Å². The summed E-state index contributed by atoms with van der Waals surface area (Å²) in [5.74, 6) is 2.53. The monoisotopic (exact) mass is 344 g/mol. The van der Waals surface area contributed by atoms with Crippen LogP contribution in [0.4, 0.5) is 0 Å². The SMILES string of the molecule is CCC[C@]1(O)C[C@@H]2[C@@H]3CCc4cc(OC)ccc4[C@@H]3CC[C@]2(C)[C@@H]1O. The molecule has 3 nitrogen and oxygen atoms in total. The number of ether oxygens (including phenoxy) is 1. The minimum Gasteiger partial charge on any atom is -0.497 e. The number of aryl methyl sites for hydroxylation is 1. The second-order valence-electron chi connectivity index (χ2n) is 8.98. The first-order valence-corrected chi connectivity index (χ1v) is 10.00. The zero-order chi connectivity index (χ0) is 17.8. The number of benzene rings is 1. The van der Waals surface area contributed by atoms with Gasteiger partial charge in [-0.15, -0.1) is 0 Å². The molecule has 4 rings (SSSR count). The molecule has 1 aromatic rings. The van der Waals surface area contributed by atoms with Crippen LogP contribution >= 0.6 is 0 Å². The summed E-state index contributed by atoms with van der Waals surface area (Å²) in [4.78, 5) is 0. The van der Waals surface area contributed by atoms with Crippen LogP contribution in [0.15, 0.2) is 18.2 Å². The molecule has 0 radical (unpaired) electrons. The summed E-state index contributed by atoms with van der Waals surface area (Å²) >= 11 is 0. The van der Waals surface area contributed by atoms with Gasteiger partial charge in [0.15, 0.2) is 0 Å². The lowest BCUT2D eigenvalue weighted by Gasteiger charge is -2.50. The highest BCUT2D eigenvalue weighted by atomic mass is 16.5. The normalized spacial score (nSPS) is 42.4. The summed E-state index contributed by atoms with van der Waals surface area (Å²) in [5.41, 5.74) is 1.91. The van der Waals surface area contributed by atoms with Crippen LogP contribution < -0.4 is 4.74 Å². The summed E-state index contributed by atoms with van der Waals surface area (Å²) in [6.07, 6.45) is 6.21. The summed E-state index contributed by atoms with van der Waals surface area (Å²) in [6, 6.07) is 6.56. The van der Waals surface area contributed by atoms with E-state index in [0.717, 1.165) is 37.9 Å². The van der Waals surface area contributed by atoms with E-state index in [9.17, 15) is 10.2 Å². The Hall–Kier alpha value is -1.06. The van der Waals surface area contributed by atoms with E-state index in [2.05, 4.69) is 32.0 Å². The maximum Gasteiger partial charge on any atom is 0.119 e. The molecule has 0 unspecified atom stereocenters. The number of aliphatic hydroxyl groups excluding tert-OH is 1. The van der Waals surface area contributed by atoms with Gasteiger partial charge in [0.25, 0.3) is 0 Å². The number of aliphatic hydroxyl groups is 2. The maximum atomic E-state index is 11.1. The number of hydrogen-bond donors (Lipinski definition) is 2. The standard InChI is InChI=1S/C22H32O3/c1-4-10-22(24)13-19-18-7-5-14-12-15(25-3)6-8-16(14)17(18)9-11-21(19,2)20(22)23/h6,8,12,17-20,23-24H,4-5,7,9-11,13H2,1-3H3/t17-,18+,19+,20-,21-,22-/m0/s1. The largest absolute Gasteiger partial charge is 0.497 e. The summed E-state index contributed by atoms with van der Waals surface area (Å²) in [6.45, 7) is 4.33. The Kier molecular flexibility index (Phi) is 4.16. The lowest BCUT2D eigenvalue weighted by Crippen LogP contribution is -2.47. The van der Waals surface area contributed by atoms with Crippen LogP contribution in [-0.2, 0) is 6.42 Å². The molecule has 0 bridgehead atoms. The van der Waals surface area contributed by atoms with Crippen LogP contribution in [0.3, 0.4) is 0 Å². The van der Waals surface area contributed by atoms with Crippen LogP contribution in [0.1, 0.15) is 69.4 Å². The van der Waals surface area contributed by atoms with E-state index in [1.54, 1.807) is 7.11 Å². The first-order chi connectivity index (χ1) is 11.9. The minimum absolute atomic E-state index is 0.130. The minimum atomic E-state index is -0.886. The van der Waals surface area contributed by atoms with Crippen LogP contribution in [0.5, 0.6) is 5.75 Å². The summed E-state index contributed by atoms with van der Waals surface area (Å²) in [5, 5.41) is 22.2. The lowest BCUT2D eigenvalue weighted by molar-refractivity contribution is -0.103. The Labute approximate surface area is 151 Å². The quantitative estimate of drug-likeness (QED) is 0.869. The molecular formula is C22H32O3. The predicted molar refractivity (Wildman–Crippen MR) is 98.9 cm³/mol. The summed E-state index contributed by atoms with van der Waals surface area (Å²) < 4.78 is 5.40. The van der Waals surface area contributed by atoms with Gasteiger partial charge >= 0.3 is 0 Å². The van der Waals surface area contributed by atoms with Crippen LogP contribution in [0.2, 0.25) is 0 Å². The fourth-order valence-electron chi connectivity index (χ4n) is 6.54. The smallest absolute Gasteiger partial charge is 0.119 e. The van der Waals surface area contributed by atoms with Crippen molar-refractivity contribution in [2.75, 3.05) is 7.11 Å². The molecule has 0 spiro atoms. The topological polar surface area (TPSA) is 49.7 Å². The highest BCUT2D eigenvalue weighted by Crippen LogP contribution is 2.63. The van der Waals surface area contributed by atoms with E-state index in [1.807, 2.05) is 0 Å². The van der Waals surface area contributed by atoms with Crippen molar-refractivity contribution in [1.82, 2.24) is 0 Å². The molecule has 3 heteroatoms. The van der Waals surface area contributed by atoms with Crippen molar-refractivity contribution in [2.24, 2.45) is 17.3 Å². The second kappa shape index (κ2) is 5.99. The van der Waals surface area contributed by atoms with Gasteiger partial charge in [0.2, 0.25) is 0 Å². The molecule has 0 amide bonds. The molecular weight excluding hydrogens is 312 g/mol. The number of fused-ring (bicyclic) bond motifs is 5. The third-order valence-electron chi connectivity index (χ3n) is 7.76. The van der Waals surface area contributed by atoms with Gasteiger partial charge in [0.05, 0.1) is 18.8 Å². The van der Waals surface area contributed by atoms with E-state index in [4.69, 9.17) is 4.74 Å². The fourth-order valence-corrected chi connectivity index (χ4v) is 6.54. The van der Waals surface area contributed by atoms with Gasteiger partial charge in [0.1, 0.15) is 5.75 Å². The molecule has 2 fully saturated rings. The summed E-state index contributed by atoms with van der Waals surface area (Å²) in [7, 11) is 1.73. The average Bonchev–Trinajstić information content (AvgIpc) is 2.82. The average molecular weight is 344 g/mol. The second-order valence-corrected chi connectivity index (χ2v) is 8.98. The van der Waals surface area contributed by atoms with Crippen molar-refractivity contribution < 1.29 is 14.9 Å². The van der Waals surface area contributed by atoms with E-state index < -0.39 is 11.7 Å². The fraction of sp³-hybridized carbons (Fsp3) is 0.727. The molecule has 25 heavy (non-hydrogen) atoms. The Bertz CT molecular complexity index is 657. The number of rotatable bonds is 3. The van der Waals surface area contributed by atoms with Gasteiger partial charge in [-0.05, 0) is 85.0 Å².